The van der Waals surface area contributed by atoms with Crippen LogP contribution in [0.25, 0.3) is 0 Å². The van der Waals surface area contributed by atoms with E-state index in [1.165, 1.54) is 32.4 Å². The second-order valence-corrected chi connectivity index (χ2v) is 7.02. The van der Waals surface area contributed by atoms with E-state index >= 15 is 0 Å². The van der Waals surface area contributed by atoms with Crippen molar-refractivity contribution in [3.63, 3.8) is 0 Å². The molecule has 4 aliphatic carbocycles. The lowest BCUT2D eigenvalue weighted by Crippen LogP contribution is -2.56. The molecule has 0 amide bonds. The molecule has 0 aromatic rings. The van der Waals surface area contributed by atoms with E-state index in [0.717, 1.165) is 29.7 Å². The van der Waals surface area contributed by atoms with Gasteiger partial charge in [0, 0.05) is 6.04 Å². The molecule has 0 atom stereocenters. The number of halogens is 1. The summed E-state index contributed by atoms with van der Waals surface area (Å²) in [6.45, 7) is 2.85. The minimum atomic E-state index is 0. The summed E-state index contributed by atoms with van der Waals surface area (Å²) in [5, 5.41) is 0. The van der Waals surface area contributed by atoms with Crippen LogP contribution in [0.15, 0.2) is 0 Å². The van der Waals surface area contributed by atoms with Gasteiger partial charge < -0.3 is 0 Å². The molecule has 4 bridgehead atoms. The summed E-state index contributed by atoms with van der Waals surface area (Å²) >= 11 is 0. The topological polar surface area (TPSA) is 3.24 Å². The van der Waals surface area contributed by atoms with Crippen LogP contribution in [-0.2, 0) is 0 Å². The first kappa shape index (κ1) is 12.3. The number of likely N-dealkylation sites (tertiary alicyclic amines) is 1. The predicted octanol–water partition coefficient (Wildman–Crippen LogP) is 3.72. The summed E-state index contributed by atoms with van der Waals surface area (Å²) in [4.78, 5) is 2.90. The highest BCUT2D eigenvalue weighted by Crippen LogP contribution is 2.55. The second kappa shape index (κ2) is 4.74. The van der Waals surface area contributed by atoms with E-state index in [-0.39, 0.29) is 12.4 Å². The van der Waals surface area contributed by atoms with Crippen LogP contribution in [0.4, 0.5) is 0 Å². The molecule has 1 aliphatic heterocycles. The van der Waals surface area contributed by atoms with Crippen molar-refractivity contribution < 1.29 is 0 Å². The normalized spacial score (nSPS) is 49.1. The first-order valence-corrected chi connectivity index (χ1v) is 7.64. The van der Waals surface area contributed by atoms with E-state index < -0.39 is 0 Å². The second-order valence-electron chi connectivity index (χ2n) is 7.02. The summed E-state index contributed by atoms with van der Waals surface area (Å²) in [6.07, 6.45) is 12.4. The van der Waals surface area contributed by atoms with Crippen molar-refractivity contribution in [2.24, 2.45) is 23.7 Å². The summed E-state index contributed by atoms with van der Waals surface area (Å²) in [6, 6.07) is 1.02. The minimum absolute atomic E-state index is 0. The Morgan fingerprint density at radius 3 is 1.71 bits per heavy atom. The van der Waals surface area contributed by atoms with E-state index in [4.69, 9.17) is 0 Å². The van der Waals surface area contributed by atoms with Crippen LogP contribution in [-0.4, -0.2) is 24.0 Å². The molecule has 5 rings (SSSR count). The molecule has 0 unspecified atom stereocenters. The van der Waals surface area contributed by atoms with Gasteiger partial charge in [-0.3, -0.25) is 4.90 Å². The third kappa shape index (κ3) is 2.04. The molecule has 0 radical (unpaired) electrons. The van der Waals surface area contributed by atoms with Crippen molar-refractivity contribution in [1.82, 2.24) is 4.90 Å². The van der Waals surface area contributed by atoms with Crippen LogP contribution < -0.4 is 0 Å². The van der Waals surface area contributed by atoms with Gasteiger partial charge in [-0.1, -0.05) is 6.42 Å². The molecule has 0 aromatic carbocycles. The Kier molecular flexibility index (Phi) is 3.42. The van der Waals surface area contributed by atoms with Gasteiger partial charge in [-0.05, 0) is 81.7 Å². The summed E-state index contributed by atoms with van der Waals surface area (Å²) in [7, 11) is 0. The zero-order chi connectivity index (χ0) is 10.5. The van der Waals surface area contributed by atoms with Gasteiger partial charge in [0.25, 0.3) is 0 Å². The van der Waals surface area contributed by atoms with Crippen LogP contribution in [0.5, 0.6) is 0 Å². The van der Waals surface area contributed by atoms with Gasteiger partial charge in [0.05, 0.1) is 0 Å². The Hall–Kier alpha value is 0.250. The zero-order valence-corrected chi connectivity index (χ0v) is 11.6. The Balaban J connectivity index is 0.000000902. The quantitative estimate of drug-likeness (QED) is 0.690. The number of rotatable bonds is 1. The summed E-state index contributed by atoms with van der Waals surface area (Å²) < 4.78 is 0. The fourth-order valence-corrected chi connectivity index (χ4v) is 5.71. The molecule has 98 valence electrons. The van der Waals surface area contributed by atoms with Gasteiger partial charge in [0.15, 0.2) is 0 Å². The zero-order valence-electron chi connectivity index (χ0n) is 10.8. The molecular formula is C15H26ClN. The Morgan fingerprint density at radius 1 is 0.647 bits per heavy atom. The molecular weight excluding hydrogens is 230 g/mol. The van der Waals surface area contributed by atoms with E-state index in [1.54, 1.807) is 32.1 Å². The molecule has 4 saturated carbocycles. The molecule has 1 nitrogen and oxygen atoms in total. The lowest BCUT2D eigenvalue weighted by Gasteiger charge is -2.57. The SMILES string of the molecule is C1CCN(C2C3CC4CC(C3)CC2C4)CC1.Cl. The molecule has 2 heteroatoms. The Morgan fingerprint density at radius 2 is 1.18 bits per heavy atom. The van der Waals surface area contributed by atoms with Crippen molar-refractivity contribution in [2.75, 3.05) is 13.1 Å². The first-order valence-electron chi connectivity index (χ1n) is 7.64. The maximum atomic E-state index is 2.90. The predicted molar refractivity (Wildman–Crippen MR) is 73.5 cm³/mol. The van der Waals surface area contributed by atoms with E-state index in [1.807, 2.05) is 0 Å². The molecule has 0 aromatic heterocycles. The van der Waals surface area contributed by atoms with E-state index in [9.17, 15) is 0 Å². The monoisotopic (exact) mass is 255 g/mol. The van der Waals surface area contributed by atoms with Gasteiger partial charge in [-0.25, -0.2) is 0 Å². The number of hydrogen-bond acceptors (Lipinski definition) is 1. The smallest absolute Gasteiger partial charge is 0.0152 e. The molecule has 5 fully saturated rings. The minimum Gasteiger partial charge on any atom is -0.300 e. The highest BCUT2D eigenvalue weighted by Gasteiger charge is 2.49. The van der Waals surface area contributed by atoms with Gasteiger partial charge in [-0.2, -0.15) is 0 Å². The van der Waals surface area contributed by atoms with Crippen molar-refractivity contribution in [2.45, 2.75) is 57.4 Å². The molecule has 5 aliphatic rings. The third-order valence-electron chi connectivity index (χ3n) is 5.99. The average molecular weight is 256 g/mol. The largest absolute Gasteiger partial charge is 0.300 e. The fraction of sp³-hybridized carbons (Fsp3) is 1.00. The fourth-order valence-electron chi connectivity index (χ4n) is 5.71. The number of hydrogen-bond donors (Lipinski definition) is 0. The van der Waals surface area contributed by atoms with Gasteiger partial charge >= 0.3 is 0 Å². The molecule has 1 saturated heterocycles. The molecule has 0 spiro atoms. The average Bonchev–Trinajstić information content (AvgIpc) is 2.29. The number of nitrogens with zero attached hydrogens (tertiary/aromatic N) is 1. The van der Waals surface area contributed by atoms with E-state index in [2.05, 4.69) is 4.90 Å². The van der Waals surface area contributed by atoms with Crippen molar-refractivity contribution >= 4 is 12.4 Å². The maximum Gasteiger partial charge on any atom is 0.0152 e. The lowest BCUT2D eigenvalue weighted by atomic mass is 9.53. The Bertz CT molecular complexity index is 241. The van der Waals surface area contributed by atoms with Crippen LogP contribution in [0, 0.1) is 23.7 Å². The number of piperidine rings is 1. The van der Waals surface area contributed by atoms with Crippen LogP contribution in [0.1, 0.15) is 51.4 Å². The van der Waals surface area contributed by atoms with Crippen molar-refractivity contribution in [1.29, 1.82) is 0 Å². The maximum absolute atomic E-state index is 2.90. The van der Waals surface area contributed by atoms with Crippen LogP contribution in [0.3, 0.4) is 0 Å². The third-order valence-corrected chi connectivity index (χ3v) is 5.99. The summed E-state index contributed by atoms with van der Waals surface area (Å²) in [5.41, 5.74) is 0. The van der Waals surface area contributed by atoms with Crippen molar-refractivity contribution in [3.8, 4) is 0 Å². The summed E-state index contributed by atoms with van der Waals surface area (Å²) in [5.74, 6) is 4.50. The first-order chi connectivity index (χ1) is 7.90. The Labute approximate surface area is 112 Å². The highest BCUT2D eigenvalue weighted by molar-refractivity contribution is 5.85. The van der Waals surface area contributed by atoms with E-state index in [0.29, 0.717) is 0 Å². The molecule has 17 heavy (non-hydrogen) atoms. The van der Waals surface area contributed by atoms with Gasteiger partial charge in [0.1, 0.15) is 0 Å². The van der Waals surface area contributed by atoms with Gasteiger partial charge in [0.2, 0.25) is 0 Å². The highest BCUT2D eigenvalue weighted by atomic mass is 35.5. The van der Waals surface area contributed by atoms with Crippen LogP contribution >= 0.6 is 12.4 Å². The lowest BCUT2D eigenvalue weighted by molar-refractivity contribution is -0.0699. The van der Waals surface area contributed by atoms with Crippen LogP contribution in [0.2, 0.25) is 0 Å². The molecule has 1 heterocycles. The van der Waals surface area contributed by atoms with Gasteiger partial charge in [-0.15, -0.1) is 12.4 Å². The molecule has 0 N–H and O–H groups in total. The standard InChI is InChI=1S/C15H25N.ClH/c1-2-4-16(5-3-1)15-13-7-11-6-12(9-13)10-14(15)8-11;/h11-15H,1-10H2;1H. The van der Waals surface area contributed by atoms with Crippen molar-refractivity contribution in [3.05, 3.63) is 0 Å².